The fourth-order valence-electron chi connectivity index (χ4n) is 7.04. The fraction of sp³-hybridized carbons (Fsp3) is 0.324. The molecule has 0 fully saturated rings. The van der Waals surface area contributed by atoms with E-state index in [4.69, 9.17) is 4.74 Å². The highest BCUT2D eigenvalue weighted by molar-refractivity contribution is 6.17. The first-order valence-electron chi connectivity index (χ1n) is 14.7. The van der Waals surface area contributed by atoms with E-state index in [9.17, 15) is 4.79 Å². The highest BCUT2D eigenvalue weighted by atomic mass is 16.5. The van der Waals surface area contributed by atoms with Crippen molar-refractivity contribution in [2.24, 2.45) is 11.3 Å². The summed E-state index contributed by atoms with van der Waals surface area (Å²) in [4.78, 5) is 14.1. The van der Waals surface area contributed by atoms with Crippen molar-refractivity contribution in [1.82, 2.24) is 0 Å². The zero-order valence-corrected chi connectivity index (χ0v) is 25.0. The molecule has 2 N–H and O–H groups in total. The van der Waals surface area contributed by atoms with Gasteiger partial charge in [-0.25, -0.2) is 0 Å². The van der Waals surface area contributed by atoms with Crippen LogP contribution in [0.25, 0.3) is 0 Å². The summed E-state index contributed by atoms with van der Waals surface area (Å²) in [5, 5.41) is 7.19. The van der Waals surface area contributed by atoms with E-state index in [1.54, 1.807) is 0 Å². The van der Waals surface area contributed by atoms with Crippen LogP contribution in [0.4, 0.5) is 17.1 Å². The summed E-state index contributed by atoms with van der Waals surface area (Å²) >= 11 is 0. The number of hydrogen-bond acceptors (Lipinski definition) is 4. The molecular weight excluding hydrogens is 504 g/mol. The maximum Gasteiger partial charge on any atom is 0.195 e. The summed E-state index contributed by atoms with van der Waals surface area (Å²) in [6, 6.07) is 28.6. The number of hydrogen-bond donors (Lipinski definition) is 2. The number of para-hydroxylation sites is 1. The van der Waals surface area contributed by atoms with Crippen molar-refractivity contribution in [2.75, 3.05) is 17.2 Å². The predicted octanol–water partition coefficient (Wildman–Crippen LogP) is 9.67. The van der Waals surface area contributed by atoms with Crippen LogP contribution in [0.1, 0.15) is 86.5 Å². The minimum Gasteiger partial charge on any atom is -0.455 e. The third-order valence-corrected chi connectivity index (χ3v) is 8.47. The van der Waals surface area contributed by atoms with Crippen molar-refractivity contribution < 1.29 is 9.53 Å². The molecule has 0 saturated carbocycles. The van der Waals surface area contributed by atoms with Crippen molar-refractivity contribution in [1.29, 1.82) is 0 Å². The average molecular weight is 545 g/mol. The van der Waals surface area contributed by atoms with Crippen LogP contribution in [0.3, 0.4) is 0 Å². The Morgan fingerprint density at radius 3 is 2.29 bits per heavy atom. The molecule has 2 atom stereocenters. The van der Waals surface area contributed by atoms with Crippen LogP contribution in [0.2, 0.25) is 0 Å². The number of ether oxygens (including phenoxy) is 1. The summed E-state index contributed by atoms with van der Waals surface area (Å²) in [5.41, 5.74) is 7.88. The smallest absolute Gasteiger partial charge is 0.195 e. The Hall–Kier alpha value is -4.05. The molecule has 1 aliphatic heterocycles. The Bertz CT molecular complexity index is 1600. The van der Waals surface area contributed by atoms with Crippen LogP contribution in [-0.2, 0) is 5.41 Å². The second kappa shape index (κ2) is 10.1. The van der Waals surface area contributed by atoms with E-state index in [0.717, 1.165) is 63.8 Å². The van der Waals surface area contributed by atoms with E-state index in [1.165, 1.54) is 5.56 Å². The van der Waals surface area contributed by atoms with Crippen LogP contribution in [0, 0.1) is 11.3 Å². The van der Waals surface area contributed by atoms with Crippen molar-refractivity contribution >= 4 is 22.8 Å². The molecule has 6 rings (SSSR count). The number of nitrogens with one attached hydrogen (secondary N) is 2. The topological polar surface area (TPSA) is 50.4 Å². The van der Waals surface area contributed by atoms with Gasteiger partial charge in [0.2, 0.25) is 0 Å². The Morgan fingerprint density at radius 2 is 1.59 bits per heavy atom. The molecule has 4 heteroatoms. The molecule has 1 aliphatic carbocycles. The Kier molecular flexibility index (Phi) is 6.68. The van der Waals surface area contributed by atoms with Gasteiger partial charge in [0.25, 0.3) is 0 Å². The quantitative estimate of drug-likeness (QED) is 0.254. The normalized spacial score (nSPS) is 17.8. The van der Waals surface area contributed by atoms with E-state index >= 15 is 0 Å². The number of anilines is 3. The van der Waals surface area contributed by atoms with E-state index < -0.39 is 0 Å². The monoisotopic (exact) mass is 544 g/mol. The van der Waals surface area contributed by atoms with Crippen LogP contribution < -0.4 is 15.4 Å². The van der Waals surface area contributed by atoms with Gasteiger partial charge in [-0.3, -0.25) is 4.79 Å². The molecule has 2 unspecified atom stereocenters. The lowest BCUT2D eigenvalue weighted by Crippen LogP contribution is -2.33. The molecule has 210 valence electrons. The molecule has 0 amide bonds. The average Bonchev–Trinajstić information content (AvgIpc) is 2.92. The van der Waals surface area contributed by atoms with Crippen LogP contribution in [0.15, 0.2) is 84.9 Å². The summed E-state index contributed by atoms with van der Waals surface area (Å²) in [6.45, 7) is 14.6. The molecule has 1 heterocycles. The molecule has 0 bridgehead atoms. The number of ketones is 1. The van der Waals surface area contributed by atoms with E-state index in [1.807, 2.05) is 54.6 Å². The summed E-state index contributed by atoms with van der Waals surface area (Å²) in [5.74, 6) is 1.99. The maximum atomic E-state index is 14.1. The number of fused-ring (bicyclic) bond motifs is 2. The summed E-state index contributed by atoms with van der Waals surface area (Å²) in [6.07, 6.45) is 1.09. The van der Waals surface area contributed by atoms with Gasteiger partial charge in [0.05, 0.1) is 16.9 Å². The van der Waals surface area contributed by atoms with Gasteiger partial charge in [0.15, 0.2) is 11.5 Å². The largest absolute Gasteiger partial charge is 0.455 e. The first-order chi connectivity index (χ1) is 19.5. The van der Waals surface area contributed by atoms with Gasteiger partial charge in [0, 0.05) is 35.3 Å². The predicted molar refractivity (Wildman–Crippen MR) is 169 cm³/mol. The van der Waals surface area contributed by atoms with Crippen LogP contribution >= 0.6 is 0 Å². The van der Waals surface area contributed by atoms with Crippen LogP contribution in [0.5, 0.6) is 11.5 Å². The molecule has 0 radical (unpaired) electrons. The van der Waals surface area contributed by atoms with Gasteiger partial charge < -0.3 is 15.4 Å². The number of benzene rings is 4. The number of carbonyl (C=O) groups excluding carboxylic acids is 1. The molecule has 4 aromatic carbocycles. The maximum absolute atomic E-state index is 14.1. The third-order valence-electron chi connectivity index (χ3n) is 8.47. The molecule has 0 aromatic heterocycles. The first kappa shape index (κ1) is 27.1. The Balaban J connectivity index is 1.45. The fourth-order valence-corrected chi connectivity index (χ4v) is 7.04. The van der Waals surface area contributed by atoms with Crippen molar-refractivity contribution in [2.45, 2.75) is 59.3 Å². The molecule has 41 heavy (non-hydrogen) atoms. The second-order valence-corrected chi connectivity index (χ2v) is 13.6. The molecule has 0 saturated heterocycles. The first-order valence-corrected chi connectivity index (χ1v) is 14.7. The lowest BCUT2D eigenvalue weighted by molar-refractivity contribution is 0.103. The standard InChI is InChI=1S/C37H40N2O2/c1-23-21-38-34-30(41-26-18-16-24(17-19-26)37(5,6)22-36(2,3)4)20-29(39-25-12-8-7-9-13-25)32-33(34)31(23)27-14-10-11-15-28(27)35(32)40/h7-20,23,31,38-39H,21-22H2,1-6H3. The molecule has 4 aromatic rings. The minimum absolute atomic E-state index is 0.0550. The molecule has 4 nitrogen and oxygen atoms in total. The highest BCUT2D eigenvalue weighted by Gasteiger charge is 2.41. The Morgan fingerprint density at radius 1 is 0.902 bits per heavy atom. The van der Waals surface area contributed by atoms with E-state index in [2.05, 4.69) is 82.5 Å². The van der Waals surface area contributed by atoms with Gasteiger partial charge in [-0.1, -0.05) is 96.1 Å². The second-order valence-electron chi connectivity index (χ2n) is 13.6. The number of carbonyl (C=O) groups is 1. The lowest BCUT2D eigenvalue weighted by atomic mass is 9.69. The molecule has 2 aliphatic rings. The zero-order valence-electron chi connectivity index (χ0n) is 25.0. The van der Waals surface area contributed by atoms with Gasteiger partial charge in [0.1, 0.15) is 5.75 Å². The summed E-state index contributed by atoms with van der Waals surface area (Å²) < 4.78 is 6.64. The highest BCUT2D eigenvalue weighted by Crippen LogP contribution is 2.53. The van der Waals surface area contributed by atoms with Gasteiger partial charge in [-0.05, 0) is 58.6 Å². The lowest BCUT2D eigenvalue weighted by Gasteiger charge is -2.39. The van der Waals surface area contributed by atoms with E-state index in [0.29, 0.717) is 5.92 Å². The molecule has 0 spiro atoms. The number of rotatable bonds is 6. The van der Waals surface area contributed by atoms with Gasteiger partial charge in [-0.15, -0.1) is 0 Å². The zero-order chi connectivity index (χ0) is 28.9. The van der Waals surface area contributed by atoms with Gasteiger partial charge >= 0.3 is 0 Å². The molecular formula is C37H40N2O2. The van der Waals surface area contributed by atoms with E-state index in [-0.39, 0.29) is 22.5 Å². The summed E-state index contributed by atoms with van der Waals surface area (Å²) in [7, 11) is 0. The third kappa shape index (κ3) is 5.12. The van der Waals surface area contributed by atoms with Crippen molar-refractivity contribution in [3.05, 3.63) is 113 Å². The SMILES string of the molecule is CC1CNc2c(Oc3ccc(C(C)(C)CC(C)(C)C)cc3)cc(Nc3ccccc3)c3c2C1c1ccccc1C3=O. The van der Waals surface area contributed by atoms with Gasteiger partial charge in [-0.2, -0.15) is 0 Å². The van der Waals surface area contributed by atoms with Crippen molar-refractivity contribution in [3.63, 3.8) is 0 Å². The van der Waals surface area contributed by atoms with Crippen LogP contribution in [-0.4, -0.2) is 12.3 Å². The Labute approximate surface area is 244 Å². The minimum atomic E-state index is 0.0550. The van der Waals surface area contributed by atoms with Crippen molar-refractivity contribution in [3.8, 4) is 11.5 Å².